The van der Waals surface area contributed by atoms with E-state index in [0.717, 1.165) is 5.56 Å². The highest BCUT2D eigenvalue weighted by Crippen LogP contribution is 2.39. The van der Waals surface area contributed by atoms with Gasteiger partial charge in [0.15, 0.2) is 11.5 Å². The molecule has 8 heteroatoms. The first-order valence-corrected chi connectivity index (χ1v) is 9.71. The van der Waals surface area contributed by atoms with Crippen molar-refractivity contribution < 1.29 is 19.1 Å². The quantitative estimate of drug-likeness (QED) is 0.629. The van der Waals surface area contributed by atoms with E-state index in [9.17, 15) is 9.59 Å². The minimum Gasteiger partial charge on any atom is -0.493 e. The molecule has 3 rings (SSSR count). The third-order valence-electron chi connectivity index (χ3n) is 4.60. The molecule has 0 saturated heterocycles. The largest absolute Gasteiger partial charge is 0.493 e. The Hall–Kier alpha value is -3.00. The highest BCUT2D eigenvalue weighted by molar-refractivity contribution is 9.10. The molecular weight excluding hydrogens is 438 g/mol. The van der Waals surface area contributed by atoms with Crippen LogP contribution in [0.4, 0.5) is 10.5 Å². The van der Waals surface area contributed by atoms with E-state index in [4.69, 9.17) is 9.47 Å². The van der Waals surface area contributed by atoms with Crippen LogP contribution in [0, 0.1) is 6.92 Å². The Bertz CT molecular complexity index is 1000. The fraction of sp³-hybridized carbons (Fsp3) is 0.238. The molecule has 0 radical (unpaired) electrons. The van der Waals surface area contributed by atoms with E-state index in [0.29, 0.717) is 38.5 Å². The minimum atomic E-state index is -0.678. The Morgan fingerprint density at radius 3 is 2.45 bits per heavy atom. The maximum Gasteiger partial charge on any atom is 0.319 e. The van der Waals surface area contributed by atoms with E-state index in [1.54, 1.807) is 26.2 Å². The van der Waals surface area contributed by atoms with Crippen molar-refractivity contribution >= 4 is 33.6 Å². The second-order valence-corrected chi connectivity index (χ2v) is 7.48. The fourth-order valence-electron chi connectivity index (χ4n) is 3.24. The lowest BCUT2D eigenvalue weighted by atomic mass is 9.94. The Balaban J connectivity index is 2.03. The number of carbonyl (C=O) groups excluding carboxylic acids is 2. The van der Waals surface area contributed by atoms with Crippen molar-refractivity contribution in [2.75, 3.05) is 19.5 Å². The van der Waals surface area contributed by atoms with E-state index in [1.165, 1.54) is 7.11 Å². The molecule has 1 aliphatic rings. The molecule has 0 unspecified atom stereocenters. The second-order valence-electron chi connectivity index (χ2n) is 6.62. The van der Waals surface area contributed by atoms with Gasteiger partial charge in [0.05, 0.1) is 25.8 Å². The summed E-state index contributed by atoms with van der Waals surface area (Å²) in [4.78, 5) is 25.3. The number of allylic oxidation sites excluding steroid dienone is 1. The molecule has 0 aliphatic carbocycles. The zero-order valence-electron chi connectivity index (χ0n) is 16.6. The normalized spacial score (nSPS) is 16.0. The molecule has 0 bridgehead atoms. The summed E-state index contributed by atoms with van der Waals surface area (Å²) in [7, 11) is 3.07. The van der Waals surface area contributed by atoms with Gasteiger partial charge in [0.25, 0.3) is 5.91 Å². The lowest BCUT2D eigenvalue weighted by Crippen LogP contribution is -2.46. The van der Waals surface area contributed by atoms with Crippen LogP contribution in [0.3, 0.4) is 0 Å². The summed E-state index contributed by atoms with van der Waals surface area (Å²) in [5.74, 6) is 0.719. The number of methoxy groups -OCH3 is 2. The van der Waals surface area contributed by atoms with Gasteiger partial charge in [-0.1, -0.05) is 28.1 Å². The summed E-state index contributed by atoms with van der Waals surface area (Å²) in [5, 5.41) is 8.41. The molecule has 1 atom stereocenters. The van der Waals surface area contributed by atoms with Crippen LogP contribution in [-0.4, -0.2) is 26.2 Å². The van der Waals surface area contributed by atoms with Crippen LogP contribution in [-0.2, 0) is 4.79 Å². The van der Waals surface area contributed by atoms with Crippen molar-refractivity contribution in [3.05, 3.63) is 63.3 Å². The van der Waals surface area contributed by atoms with Crippen LogP contribution in [0.5, 0.6) is 11.5 Å². The number of anilines is 1. The molecular formula is C21H22BrN3O4. The number of carbonyl (C=O) groups is 2. The van der Waals surface area contributed by atoms with Crippen LogP contribution in [0.25, 0.3) is 0 Å². The third-order valence-corrected chi connectivity index (χ3v) is 5.29. The highest BCUT2D eigenvalue weighted by atomic mass is 79.9. The van der Waals surface area contributed by atoms with E-state index >= 15 is 0 Å². The topological polar surface area (TPSA) is 88.7 Å². The monoisotopic (exact) mass is 459 g/mol. The van der Waals surface area contributed by atoms with Crippen LogP contribution in [0.2, 0.25) is 0 Å². The van der Waals surface area contributed by atoms with Gasteiger partial charge in [-0.2, -0.15) is 0 Å². The number of ether oxygens (including phenoxy) is 2. The van der Waals surface area contributed by atoms with Crippen molar-refractivity contribution in [1.29, 1.82) is 0 Å². The van der Waals surface area contributed by atoms with E-state index in [-0.39, 0.29) is 11.9 Å². The lowest BCUT2D eigenvalue weighted by molar-refractivity contribution is -0.113. The number of amides is 3. The van der Waals surface area contributed by atoms with Crippen LogP contribution in [0.15, 0.2) is 52.1 Å². The predicted molar refractivity (Wildman–Crippen MR) is 114 cm³/mol. The van der Waals surface area contributed by atoms with E-state index in [1.807, 2.05) is 31.2 Å². The van der Waals surface area contributed by atoms with Crippen molar-refractivity contribution in [3.63, 3.8) is 0 Å². The number of hydrogen-bond acceptors (Lipinski definition) is 4. The zero-order chi connectivity index (χ0) is 21.1. The molecule has 0 spiro atoms. The van der Waals surface area contributed by atoms with Crippen molar-refractivity contribution in [3.8, 4) is 11.5 Å². The first-order valence-electron chi connectivity index (χ1n) is 8.91. The molecule has 2 aromatic carbocycles. The molecule has 1 heterocycles. The number of rotatable bonds is 5. The molecule has 0 fully saturated rings. The molecule has 0 aromatic heterocycles. The third kappa shape index (κ3) is 4.37. The summed E-state index contributed by atoms with van der Waals surface area (Å²) in [6.07, 6.45) is 0. The van der Waals surface area contributed by atoms with Gasteiger partial charge >= 0.3 is 6.03 Å². The van der Waals surface area contributed by atoms with Gasteiger partial charge < -0.3 is 25.4 Å². The molecule has 3 amide bonds. The first-order chi connectivity index (χ1) is 13.8. The summed E-state index contributed by atoms with van der Waals surface area (Å²) < 4.78 is 11.4. The smallest absolute Gasteiger partial charge is 0.319 e. The van der Waals surface area contributed by atoms with Gasteiger partial charge in [-0.25, -0.2) is 4.79 Å². The average Bonchev–Trinajstić information content (AvgIpc) is 2.66. The Morgan fingerprint density at radius 1 is 1.10 bits per heavy atom. The maximum atomic E-state index is 13.1. The molecule has 2 aromatic rings. The summed E-state index contributed by atoms with van der Waals surface area (Å²) in [6.45, 7) is 3.65. The van der Waals surface area contributed by atoms with Crippen molar-refractivity contribution in [2.24, 2.45) is 0 Å². The van der Waals surface area contributed by atoms with Gasteiger partial charge in [-0.05, 0) is 49.2 Å². The zero-order valence-corrected chi connectivity index (χ0v) is 18.1. The molecule has 1 aliphatic heterocycles. The standard InChI is InChI=1S/C21H22BrN3O4/c1-11-6-5-7-13(8-11)24-20(26)18-12(2)23-21(27)25-19(18)14-9-16(28-3)17(29-4)10-15(14)22/h5-10,19H,1-4H3,(H,24,26)(H2,23,25,27)/t19-/m1/s1. The average molecular weight is 460 g/mol. The molecule has 3 N–H and O–H groups in total. The number of urea groups is 1. The number of nitrogens with one attached hydrogen (secondary N) is 3. The van der Waals surface area contributed by atoms with Gasteiger partial charge in [0.2, 0.25) is 0 Å². The Morgan fingerprint density at radius 2 is 1.79 bits per heavy atom. The number of halogens is 1. The SMILES string of the molecule is COc1cc(Br)c([C@H]2NC(=O)NC(C)=C2C(=O)Nc2cccc(C)c2)cc1OC. The summed E-state index contributed by atoms with van der Waals surface area (Å²) in [5.41, 5.74) is 3.26. The molecule has 0 saturated carbocycles. The first kappa shape index (κ1) is 20.7. The van der Waals surface area contributed by atoms with Gasteiger partial charge in [0, 0.05) is 15.9 Å². The molecule has 152 valence electrons. The van der Waals surface area contributed by atoms with Gasteiger partial charge in [-0.15, -0.1) is 0 Å². The number of aryl methyl sites for hydroxylation is 1. The van der Waals surface area contributed by atoms with Crippen LogP contribution in [0.1, 0.15) is 24.1 Å². The summed E-state index contributed by atoms with van der Waals surface area (Å²) in [6, 6.07) is 9.94. The number of hydrogen-bond donors (Lipinski definition) is 3. The van der Waals surface area contributed by atoms with Crippen molar-refractivity contribution in [2.45, 2.75) is 19.9 Å². The molecule has 7 nitrogen and oxygen atoms in total. The summed E-state index contributed by atoms with van der Waals surface area (Å²) >= 11 is 3.52. The van der Waals surface area contributed by atoms with Crippen LogP contribution >= 0.6 is 15.9 Å². The molecule has 29 heavy (non-hydrogen) atoms. The Kier molecular flexibility index (Phi) is 6.12. The number of benzene rings is 2. The fourth-order valence-corrected chi connectivity index (χ4v) is 3.79. The Labute approximate surface area is 177 Å². The maximum absolute atomic E-state index is 13.1. The van der Waals surface area contributed by atoms with Gasteiger partial charge in [-0.3, -0.25) is 4.79 Å². The van der Waals surface area contributed by atoms with E-state index < -0.39 is 6.04 Å². The van der Waals surface area contributed by atoms with E-state index in [2.05, 4.69) is 31.9 Å². The van der Waals surface area contributed by atoms with Gasteiger partial charge in [0.1, 0.15) is 0 Å². The minimum absolute atomic E-state index is 0.313. The van der Waals surface area contributed by atoms with Crippen LogP contribution < -0.4 is 25.4 Å². The highest BCUT2D eigenvalue weighted by Gasteiger charge is 2.33. The van der Waals surface area contributed by atoms with Crippen molar-refractivity contribution in [1.82, 2.24) is 10.6 Å². The lowest BCUT2D eigenvalue weighted by Gasteiger charge is -2.29. The predicted octanol–water partition coefficient (Wildman–Crippen LogP) is 4.04. The second kappa shape index (κ2) is 8.57.